The Morgan fingerprint density at radius 2 is 1.88 bits per heavy atom. The van der Waals surface area contributed by atoms with Crippen molar-refractivity contribution in [2.24, 2.45) is 5.92 Å². The molecular formula is C14H18BrN. The van der Waals surface area contributed by atoms with E-state index < -0.39 is 0 Å². The average Bonchev–Trinajstić information content (AvgIpc) is 2.89. The summed E-state index contributed by atoms with van der Waals surface area (Å²) in [7, 11) is 0. The molecule has 16 heavy (non-hydrogen) atoms. The largest absolute Gasteiger partial charge is 0.311 e. The van der Waals surface area contributed by atoms with E-state index in [9.17, 15) is 0 Å². The molecule has 1 aromatic rings. The van der Waals surface area contributed by atoms with E-state index in [0.717, 1.165) is 23.9 Å². The predicted octanol–water partition coefficient (Wildman–Crippen LogP) is 3.69. The Morgan fingerprint density at radius 1 is 1.19 bits per heavy atom. The summed E-state index contributed by atoms with van der Waals surface area (Å²) in [6.07, 6.45) is 4.01. The van der Waals surface area contributed by atoms with Gasteiger partial charge < -0.3 is 5.32 Å². The smallest absolute Gasteiger partial charge is 0.0210 e. The fraction of sp³-hybridized carbons (Fsp3) is 0.571. The third kappa shape index (κ3) is 2.05. The van der Waals surface area contributed by atoms with Crippen molar-refractivity contribution in [3.05, 3.63) is 34.3 Å². The van der Waals surface area contributed by atoms with E-state index in [4.69, 9.17) is 0 Å². The summed E-state index contributed by atoms with van der Waals surface area (Å²) in [5.41, 5.74) is 1.49. The number of halogens is 1. The monoisotopic (exact) mass is 279 g/mol. The molecule has 2 aliphatic rings. The molecule has 2 heteroatoms. The molecule has 1 N–H and O–H groups in total. The zero-order valence-corrected chi connectivity index (χ0v) is 11.2. The van der Waals surface area contributed by atoms with Crippen molar-refractivity contribution >= 4 is 15.9 Å². The highest BCUT2D eigenvalue weighted by atomic mass is 79.9. The first kappa shape index (κ1) is 10.8. The van der Waals surface area contributed by atoms with E-state index in [1.807, 2.05) is 0 Å². The molecule has 0 aliphatic heterocycles. The lowest BCUT2D eigenvalue weighted by Gasteiger charge is -2.37. The molecule has 3 rings (SSSR count). The number of rotatable bonds is 3. The SMILES string of the molecule is CC1CC1NC1CC(c2ccccc2Br)C1. The zero-order chi connectivity index (χ0) is 11.1. The van der Waals surface area contributed by atoms with Gasteiger partial charge in [0.1, 0.15) is 0 Å². The maximum Gasteiger partial charge on any atom is 0.0210 e. The molecule has 1 aromatic carbocycles. The van der Waals surface area contributed by atoms with E-state index in [1.54, 1.807) is 0 Å². The molecule has 2 unspecified atom stereocenters. The maximum atomic E-state index is 3.74. The summed E-state index contributed by atoms with van der Waals surface area (Å²) < 4.78 is 1.28. The topological polar surface area (TPSA) is 12.0 Å². The summed E-state index contributed by atoms with van der Waals surface area (Å²) in [6, 6.07) is 10.2. The highest BCUT2D eigenvalue weighted by Gasteiger charge is 2.38. The first-order valence-corrected chi connectivity index (χ1v) is 7.04. The molecule has 2 atom stereocenters. The van der Waals surface area contributed by atoms with Gasteiger partial charge in [-0.1, -0.05) is 41.1 Å². The van der Waals surface area contributed by atoms with Crippen LogP contribution in [0.25, 0.3) is 0 Å². The standard InChI is InChI=1S/C14H18BrN/c1-9-6-14(9)16-11-7-10(8-11)12-4-2-3-5-13(12)15/h2-5,9-11,14,16H,6-8H2,1H3. The Labute approximate surface area is 106 Å². The third-order valence-corrected chi connectivity index (χ3v) is 4.76. The lowest BCUT2D eigenvalue weighted by molar-refractivity contribution is 0.285. The van der Waals surface area contributed by atoms with E-state index in [2.05, 4.69) is 52.4 Å². The second-order valence-corrected chi connectivity index (χ2v) is 6.23. The Hall–Kier alpha value is -0.340. The van der Waals surface area contributed by atoms with Gasteiger partial charge in [0.25, 0.3) is 0 Å². The van der Waals surface area contributed by atoms with Crippen molar-refractivity contribution in [3.8, 4) is 0 Å². The highest BCUT2D eigenvalue weighted by Crippen LogP contribution is 2.42. The van der Waals surface area contributed by atoms with Crippen LogP contribution < -0.4 is 5.32 Å². The van der Waals surface area contributed by atoms with Gasteiger partial charge in [0.05, 0.1) is 0 Å². The Balaban J connectivity index is 1.55. The van der Waals surface area contributed by atoms with Gasteiger partial charge in [0, 0.05) is 16.6 Å². The molecule has 2 saturated carbocycles. The minimum atomic E-state index is 0.766. The minimum Gasteiger partial charge on any atom is -0.311 e. The molecule has 0 spiro atoms. The fourth-order valence-electron chi connectivity index (χ4n) is 2.67. The molecule has 0 radical (unpaired) electrons. The van der Waals surface area contributed by atoms with E-state index in [-0.39, 0.29) is 0 Å². The third-order valence-electron chi connectivity index (χ3n) is 4.04. The van der Waals surface area contributed by atoms with Gasteiger partial charge in [-0.05, 0) is 42.7 Å². The fourth-order valence-corrected chi connectivity index (χ4v) is 3.28. The van der Waals surface area contributed by atoms with Crippen molar-refractivity contribution in [2.45, 2.75) is 44.2 Å². The molecule has 2 fully saturated rings. The van der Waals surface area contributed by atoms with Gasteiger partial charge in [0.2, 0.25) is 0 Å². The normalized spacial score (nSPS) is 36.9. The molecule has 0 heterocycles. The Morgan fingerprint density at radius 3 is 2.50 bits per heavy atom. The molecule has 0 amide bonds. The zero-order valence-electron chi connectivity index (χ0n) is 9.62. The second-order valence-electron chi connectivity index (χ2n) is 5.37. The van der Waals surface area contributed by atoms with Crippen LogP contribution in [0.2, 0.25) is 0 Å². The van der Waals surface area contributed by atoms with Gasteiger partial charge in [0.15, 0.2) is 0 Å². The second kappa shape index (κ2) is 4.15. The van der Waals surface area contributed by atoms with E-state index >= 15 is 0 Å². The molecule has 1 nitrogen and oxygen atoms in total. The van der Waals surface area contributed by atoms with Crippen LogP contribution in [0.1, 0.15) is 37.7 Å². The summed E-state index contributed by atoms with van der Waals surface area (Å²) in [4.78, 5) is 0. The first-order chi connectivity index (χ1) is 7.74. The minimum absolute atomic E-state index is 0.766. The summed E-state index contributed by atoms with van der Waals surface area (Å²) >= 11 is 3.64. The van der Waals surface area contributed by atoms with Gasteiger partial charge in [-0.2, -0.15) is 0 Å². The predicted molar refractivity (Wildman–Crippen MR) is 70.6 cm³/mol. The molecule has 0 saturated heterocycles. The van der Waals surface area contributed by atoms with Crippen molar-refractivity contribution in [1.82, 2.24) is 5.32 Å². The van der Waals surface area contributed by atoms with Crippen LogP contribution in [-0.4, -0.2) is 12.1 Å². The van der Waals surface area contributed by atoms with Crippen molar-refractivity contribution < 1.29 is 0 Å². The van der Waals surface area contributed by atoms with Gasteiger partial charge >= 0.3 is 0 Å². The average molecular weight is 280 g/mol. The van der Waals surface area contributed by atoms with Crippen LogP contribution in [0.4, 0.5) is 0 Å². The molecule has 2 aliphatic carbocycles. The van der Waals surface area contributed by atoms with Crippen molar-refractivity contribution in [1.29, 1.82) is 0 Å². The summed E-state index contributed by atoms with van der Waals surface area (Å²) in [5, 5.41) is 3.74. The lowest BCUT2D eigenvalue weighted by atomic mass is 9.76. The quantitative estimate of drug-likeness (QED) is 0.890. The van der Waals surface area contributed by atoms with Crippen LogP contribution in [0.15, 0.2) is 28.7 Å². The highest BCUT2D eigenvalue weighted by molar-refractivity contribution is 9.10. The van der Waals surface area contributed by atoms with Crippen LogP contribution >= 0.6 is 15.9 Å². The molecule has 0 bridgehead atoms. The Kier molecular flexibility index (Phi) is 2.80. The number of hydrogen-bond donors (Lipinski definition) is 1. The van der Waals surface area contributed by atoms with Crippen LogP contribution in [0.3, 0.4) is 0 Å². The van der Waals surface area contributed by atoms with Gasteiger partial charge in [-0.15, -0.1) is 0 Å². The van der Waals surface area contributed by atoms with E-state index in [1.165, 1.54) is 29.3 Å². The number of nitrogens with one attached hydrogen (secondary N) is 1. The van der Waals surface area contributed by atoms with Gasteiger partial charge in [-0.3, -0.25) is 0 Å². The van der Waals surface area contributed by atoms with Crippen LogP contribution in [0.5, 0.6) is 0 Å². The molecular weight excluding hydrogens is 262 g/mol. The summed E-state index contributed by atoms with van der Waals surface area (Å²) in [6.45, 7) is 2.33. The number of hydrogen-bond acceptors (Lipinski definition) is 1. The summed E-state index contributed by atoms with van der Waals surface area (Å²) in [5.74, 6) is 1.68. The van der Waals surface area contributed by atoms with Gasteiger partial charge in [-0.25, -0.2) is 0 Å². The number of benzene rings is 1. The first-order valence-electron chi connectivity index (χ1n) is 6.24. The van der Waals surface area contributed by atoms with Crippen molar-refractivity contribution in [3.63, 3.8) is 0 Å². The Bertz CT molecular complexity index is 384. The van der Waals surface area contributed by atoms with E-state index in [0.29, 0.717) is 0 Å². The maximum absolute atomic E-state index is 3.74. The molecule has 0 aromatic heterocycles. The van der Waals surface area contributed by atoms with Crippen molar-refractivity contribution in [2.75, 3.05) is 0 Å². The molecule has 86 valence electrons. The van der Waals surface area contributed by atoms with Crippen LogP contribution in [-0.2, 0) is 0 Å². The lowest BCUT2D eigenvalue weighted by Crippen LogP contribution is -2.41. The van der Waals surface area contributed by atoms with Crippen LogP contribution in [0, 0.1) is 5.92 Å².